The van der Waals surface area contributed by atoms with Gasteiger partial charge in [0.25, 0.3) is 0 Å². The quantitative estimate of drug-likeness (QED) is 0.889. The molecule has 110 valence electrons. The molecule has 5 heteroatoms. The first-order chi connectivity index (χ1) is 9.54. The lowest BCUT2D eigenvalue weighted by molar-refractivity contribution is -0.130. The minimum atomic E-state index is -0.371. The van der Waals surface area contributed by atoms with E-state index in [0.717, 1.165) is 13.1 Å². The second-order valence-corrected chi connectivity index (χ2v) is 5.24. The first-order valence-corrected chi connectivity index (χ1v) is 7.04. The minimum absolute atomic E-state index is 0.0303. The second kappa shape index (κ2) is 6.33. The summed E-state index contributed by atoms with van der Waals surface area (Å²) < 4.78 is 13.9. The van der Waals surface area contributed by atoms with Gasteiger partial charge in [-0.1, -0.05) is 25.1 Å². The third kappa shape index (κ3) is 2.99. The molecule has 4 nitrogen and oxygen atoms in total. The molecule has 0 aromatic heterocycles. The average molecular weight is 279 g/mol. The number of rotatable bonds is 5. The number of hydrogen-bond donors (Lipinski definition) is 1. The predicted molar refractivity (Wildman–Crippen MR) is 76.6 cm³/mol. The van der Waals surface area contributed by atoms with Crippen LogP contribution >= 0.6 is 0 Å². The third-order valence-corrected chi connectivity index (χ3v) is 3.84. The largest absolute Gasteiger partial charge is 0.320 e. The van der Waals surface area contributed by atoms with Crippen LogP contribution in [0.3, 0.4) is 0 Å². The van der Waals surface area contributed by atoms with Gasteiger partial charge in [-0.2, -0.15) is 0 Å². The highest BCUT2D eigenvalue weighted by molar-refractivity contribution is 5.84. The van der Waals surface area contributed by atoms with E-state index in [1.54, 1.807) is 23.1 Å². The lowest BCUT2D eigenvalue weighted by Gasteiger charge is -2.27. The zero-order valence-electron chi connectivity index (χ0n) is 12.3. The fourth-order valence-corrected chi connectivity index (χ4v) is 2.40. The number of nitrogens with one attached hydrogen (secondary N) is 1. The van der Waals surface area contributed by atoms with E-state index < -0.39 is 0 Å². The van der Waals surface area contributed by atoms with Crippen LogP contribution in [0, 0.1) is 5.82 Å². The standard InChI is InChI=1S/C15H22FN3O/c1-4-18(3)9-10-19-14(17-11(2)15(19)20)12-7-5-6-8-13(12)16/h5-8,11,14,17H,4,9-10H2,1-3H3. The normalized spacial score (nSPS) is 22.9. The molecule has 0 aliphatic carbocycles. The molecular weight excluding hydrogens is 257 g/mol. The van der Waals surface area contributed by atoms with Crippen molar-refractivity contribution in [2.75, 3.05) is 26.7 Å². The van der Waals surface area contributed by atoms with E-state index in [1.807, 2.05) is 14.0 Å². The molecule has 1 aliphatic heterocycles. The minimum Gasteiger partial charge on any atom is -0.320 e. The van der Waals surface area contributed by atoms with Gasteiger partial charge in [0, 0.05) is 18.7 Å². The zero-order chi connectivity index (χ0) is 14.7. The van der Waals surface area contributed by atoms with Crippen molar-refractivity contribution in [3.8, 4) is 0 Å². The first-order valence-electron chi connectivity index (χ1n) is 7.04. The van der Waals surface area contributed by atoms with Crippen molar-refractivity contribution >= 4 is 5.91 Å². The molecular formula is C15H22FN3O. The maximum absolute atomic E-state index is 13.9. The summed E-state index contributed by atoms with van der Waals surface area (Å²) in [7, 11) is 2.01. The van der Waals surface area contributed by atoms with E-state index in [2.05, 4.69) is 17.1 Å². The number of amides is 1. The summed E-state index contributed by atoms with van der Waals surface area (Å²) in [4.78, 5) is 16.1. The van der Waals surface area contributed by atoms with Gasteiger partial charge in [-0.3, -0.25) is 10.1 Å². The van der Waals surface area contributed by atoms with E-state index in [1.165, 1.54) is 6.07 Å². The monoisotopic (exact) mass is 279 g/mol. The Balaban J connectivity index is 2.18. The number of nitrogens with zero attached hydrogens (tertiary/aromatic N) is 2. The molecule has 1 saturated heterocycles. The molecule has 1 aromatic rings. The molecule has 0 bridgehead atoms. The molecule has 1 heterocycles. The van der Waals surface area contributed by atoms with E-state index in [-0.39, 0.29) is 23.9 Å². The summed E-state index contributed by atoms with van der Waals surface area (Å²) >= 11 is 0. The summed E-state index contributed by atoms with van der Waals surface area (Å²) in [6, 6.07) is 6.35. The van der Waals surface area contributed by atoms with Gasteiger partial charge >= 0.3 is 0 Å². The molecule has 0 spiro atoms. The number of carbonyl (C=O) groups excluding carboxylic acids is 1. The van der Waals surface area contributed by atoms with Gasteiger partial charge in [0.1, 0.15) is 12.0 Å². The molecule has 0 radical (unpaired) electrons. The van der Waals surface area contributed by atoms with Crippen LogP contribution in [0.15, 0.2) is 24.3 Å². The van der Waals surface area contributed by atoms with E-state index in [0.29, 0.717) is 12.1 Å². The van der Waals surface area contributed by atoms with Gasteiger partial charge in [0.15, 0.2) is 0 Å². The van der Waals surface area contributed by atoms with Crippen LogP contribution in [0.1, 0.15) is 25.6 Å². The van der Waals surface area contributed by atoms with Gasteiger partial charge in [-0.15, -0.1) is 0 Å². The molecule has 1 fully saturated rings. The highest BCUT2D eigenvalue weighted by Crippen LogP contribution is 2.26. The van der Waals surface area contributed by atoms with Gasteiger partial charge in [0.2, 0.25) is 5.91 Å². The van der Waals surface area contributed by atoms with Gasteiger partial charge < -0.3 is 9.80 Å². The SMILES string of the molecule is CCN(C)CCN1C(=O)C(C)NC1c1ccccc1F. The van der Waals surface area contributed by atoms with Crippen LogP contribution in [0.5, 0.6) is 0 Å². The Kier molecular flexibility index (Phi) is 4.73. The second-order valence-electron chi connectivity index (χ2n) is 5.24. The number of benzene rings is 1. The van der Waals surface area contributed by atoms with Crippen LogP contribution < -0.4 is 5.32 Å². The number of halogens is 1. The van der Waals surface area contributed by atoms with Crippen LogP contribution in [0.25, 0.3) is 0 Å². The van der Waals surface area contributed by atoms with Crippen LogP contribution in [-0.4, -0.2) is 48.4 Å². The Morgan fingerprint density at radius 1 is 1.40 bits per heavy atom. The van der Waals surface area contributed by atoms with Crippen molar-refractivity contribution in [1.82, 2.24) is 15.1 Å². The summed E-state index contributed by atoms with van der Waals surface area (Å²) in [6.45, 7) is 6.19. The molecule has 2 rings (SSSR count). The van der Waals surface area contributed by atoms with Crippen LogP contribution in [0.2, 0.25) is 0 Å². The maximum atomic E-state index is 13.9. The van der Waals surface area contributed by atoms with Crippen LogP contribution in [-0.2, 0) is 4.79 Å². The molecule has 1 amide bonds. The van der Waals surface area contributed by atoms with E-state index >= 15 is 0 Å². The summed E-state index contributed by atoms with van der Waals surface area (Å²) in [5, 5.41) is 3.17. The summed E-state index contributed by atoms with van der Waals surface area (Å²) in [5.41, 5.74) is 0.532. The van der Waals surface area contributed by atoms with E-state index in [4.69, 9.17) is 0 Å². The molecule has 0 saturated carbocycles. The van der Waals surface area contributed by atoms with Crippen molar-refractivity contribution < 1.29 is 9.18 Å². The Morgan fingerprint density at radius 3 is 2.75 bits per heavy atom. The van der Waals surface area contributed by atoms with Crippen molar-refractivity contribution in [2.24, 2.45) is 0 Å². The topological polar surface area (TPSA) is 35.6 Å². The number of hydrogen-bond acceptors (Lipinski definition) is 3. The fourth-order valence-electron chi connectivity index (χ4n) is 2.40. The maximum Gasteiger partial charge on any atom is 0.241 e. The average Bonchev–Trinajstić information content (AvgIpc) is 2.72. The summed E-state index contributed by atoms with van der Waals surface area (Å²) in [5.74, 6) is -0.247. The lowest BCUT2D eigenvalue weighted by atomic mass is 10.1. The highest BCUT2D eigenvalue weighted by atomic mass is 19.1. The van der Waals surface area contributed by atoms with Crippen LogP contribution in [0.4, 0.5) is 4.39 Å². The highest BCUT2D eigenvalue weighted by Gasteiger charge is 2.37. The molecule has 2 unspecified atom stereocenters. The van der Waals surface area contributed by atoms with Crippen molar-refractivity contribution in [3.05, 3.63) is 35.6 Å². The fraction of sp³-hybridized carbons (Fsp3) is 0.533. The molecule has 20 heavy (non-hydrogen) atoms. The Hall–Kier alpha value is -1.46. The lowest BCUT2D eigenvalue weighted by Crippen LogP contribution is -2.37. The molecule has 1 aliphatic rings. The Morgan fingerprint density at radius 2 is 2.10 bits per heavy atom. The van der Waals surface area contributed by atoms with Gasteiger partial charge in [-0.05, 0) is 26.6 Å². The third-order valence-electron chi connectivity index (χ3n) is 3.84. The predicted octanol–water partition coefficient (Wildman–Crippen LogP) is 1.60. The summed E-state index contributed by atoms with van der Waals surface area (Å²) in [6.07, 6.45) is -0.371. The van der Waals surface area contributed by atoms with Gasteiger partial charge in [-0.25, -0.2) is 4.39 Å². The van der Waals surface area contributed by atoms with Crippen molar-refractivity contribution in [1.29, 1.82) is 0 Å². The zero-order valence-corrected chi connectivity index (χ0v) is 12.3. The number of likely N-dealkylation sites (N-methyl/N-ethyl adjacent to an activating group) is 1. The molecule has 2 atom stereocenters. The van der Waals surface area contributed by atoms with Crippen molar-refractivity contribution in [2.45, 2.75) is 26.1 Å². The number of carbonyl (C=O) groups is 1. The Labute approximate surface area is 119 Å². The van der Waals surface area contributed by atoms with Crippen molar-refractivity contribution in [3.63, 3.8) is 0 Å². The smallest absolute Gasteiger partial charge is 0.241 e. The van der Waals surface area contributed by atoms with E-state index in [9.17, 15) is 9.18 Å². The Bertz CT molecular complexity index is 480. The molecule has 1 N–H and O–H groups in total. The molecule has 1 aromatic carbocycles. The first kappa shape index (κ1) is 14.9. The van der Waals surface area contributed by atoms with Gasteiger partial charge in [0.05, 0.1) is 6.04 Å².